The van der Waals surface area contributed by atoms with Crippen LogP contribution >= 0.6 is 0 Å². The monoisotopic (exact) mass is 425 g/mol. The predicted molar refractivity (Wildman–Crippen MR) is 125 cm³/mol. The molecule has 3 heterocycles. The van der Waals surface area contributed by atoms with Gasteiger partial charge in [-0.3, -0.25) is 9.20 Å². The minimum Gasteiger partial charge on any atom is -0.382 e. The van der Waals surface area contributed by atoms with Crippen LogP contribution in [-0.2, 0) is 0 Å². The van der Waals surface area contributed by atoms with Gasteiger partial charge in [0.25, 0.3) is 5.91 Å². The van der Waals surface area contributed by atoms with Crippen molar-refractivity contribution in [1.29, 1.82) is 0 Å². The number of nitrogens with zero attached hydrogens (tertiary/aromatic N) is 4. The van der Waals surface area contributed by atoms with Gasteiger partial charge < -0.3 is 16.8 Å². The molecule has 1 atom stereocenters. The number of amides is 1. The maximum atomic E-state index is 12.5. The van der Waals surface area contributed by atoms with E-state index in [1.165, 1.54) is 0 Å². The van der Waals surface area contributed by atoms with Gasteiger partial charge in [0, 0.05) is 35.8 Å². The molecule has 0 radical (unpaired) electrons. The zero-order valence-corrected chi connectivity index (χ0v) is 17.4. The Hall–Kier alpha value is -4.04. The number of aromatic nitrogens is 4. The number of nitrogens with two attached hydrogens (primary N) is 2. The van der Waals surface area contributed by atoms with Crippen LogP contribution in [0, 0.1) is 0 Å². The highest BCUT2D eigenvalue weighted by atomic mass is 16.1. The molecule has 1 unspecified atom stereocenters. The summed E-state index contributed by atoms with van der Waals surface area (Å²) in [7, 11) is 0. The molecule has 1 aromatic carbocycles. The van der Waals surface area contributed by atoms with E-state index in [0.717, 1.165) is 47.4 Å². The number of rotatable bonds is 4. The SMILES string of the molecule is Nc1nccn2c(C3=CCC(N)CC3)nc(-c3ccc(C(=O)Nc4ccccn4)cc3)c12. The fourth-order valence-corrected chi connectivity index (χ4v) is 3.95. The highest BCUT2D eigenvalue weighted by molar-refractivity contribution is 6.04. The standard InChI is InChI=1S/C24H23N7O/c25-18-10-8-16(9-11-18)23-30-20(21-22(26)28-13-14-31(21)23)15-4-6-17(7-5-15)24(32)29-19-3-1-2-12-27-19/h1-8,12-14,18H,9-11,25H2,(H2,26,28)(H,27,29,32). The molecule has 1 amide bonds. The maximum absolute atomic E-state index is 12.5. The van der Waals surface area contributed by atoms with Gasteiger partial charge in [-0.15, -0.1) is 0 Å². The third-order valence-electron chi connectivity index (χ3n) is 5.65. The van der Waals surface area contributed by atoms with E-state index in [2.05, 4.69) is 21.4 Å². The summed E-state index contributed by atoms with van der Waals surface area (Å²) in [5, 5.41) is 2.79. The number of fused-ring (bicyclic) bond motifs is 1. The largest absolute Gasteiger partial charge is 0.382 e. The maximum Gasteiger partial charge on any atom is 0.256 e. The number of benzene rings is 1. The number of pyridine rings is 1. The Morgan fingerprint density at radius 3 is 2.66 bits per heavy atom. The summed E-state index contributed by atoms with van der Waals surface area (Å²) in [6.07, 6.45) is 9.98. The van der Waals surface area contributed by atoms with E-state index in [4.69, 9.17) is 16.5 Å². The van der Waals surface area contributed by atoms with Crippen molar-refractivity contribution in [3.8, 4) is 11.3 Å². The van der Waals surface area contributed by atoms with E-state index in [-0.39, 0.29) is 11.9 Å². The van der Waals surface area contributed by atoms with Gasteiger partial charge in [0.05, 0.1) is 0 Å². The van der Waals surface area contributed by atoms with Crippen molar-refractivity contribution in [3.05, 3.63) is 78.5 Å². The molecule has 1 aliphatic carbocycles. The van der Waals surface area contributed by atoms with Gasteiger partial charge in [0.2, 0.25) is 0 Å². The lowest BCUT2D eigenvalue weighted by Crippen LogP contribution is -2.21. The van der Waals surface area contributed by atoms with Crippen molar-refractivity contribution in [3.63, 3.8) is 0 Å². The molecule has 8 heteroatoms. The third-order valence-corrected chi connectivity index (χ3v) is 5.65. The number of imidazole rings is 1. The molecule has 0 saturated carbocycles. The predicted octanol–water partition coefficient (Wildman–Crippen LogP) is 3.52. The molecule has 0 spiro atoms. The number of allylic oxidation sites excluding steroid dienone is 1. The van der Waals surface area contributed by atoms with Gasteiger partial charge in [-0.2, -0.15) is 0 Å². The number of nitrogens with one attached hydrogen (secondary N) is 1. The number of anilines is 2. The Morgan fingerprint density at radius 1 is 1.09 bits per heavy atom. The van der Waals surface area contributed by atoms with Crippen LogP contribution in [0.25, 0.3) is 22.3 Å². The van der Waals surface area contributed by atoms with Crippen molar-refractivity contribution in [2.75, 3.05) is 11.1 Å². The normalized spacial score (nSPS) is 16.0. The van der Waals surface area contributed by atoms with Crippen molar-refractivity contribution in [2.45, 2.75) is 25.3 Å². The van der Waals surface area contributed by atoms with E-state index in [0.29, 0.717) is 17.2 Å². The van der Waals surface area contributed by atoms with Crippen LogP contribution in [0.2, 0.25) is 0 Å². The van der Waals surface area contributed by atoms with Crippen molar-refractivity contribution in [1.82, 2.24) is 19.4 Å². The van der Waals surface area contributed by atoms with E-state index in [1.54, 1.807) is 36.7 Å². The lowest BCUT2D eigenvalue weighted by atomic mass is 9.95. The third kappa shape index (κ3) is 3.72. The van der Waals surface area contributed by atoms with Gasteiger partial charge in [-0.05, 0) is 49.1 Å². The molecule has 0 saturated heterocycles. The number of carbonyl (C=O) groups excluding carboxylic acids is 1. The summed E-state index contributed by atoms with van der Waals surface area (Å²) in [5.74, 6) is 1.54. The average Bonchev–Trinajstić information content (AvgIpc) is 3.21. The minimum atomic E-state index is -0.226. The Bertz CT molecular complexity index is 1310. The van der Waals surface area contributed by atoms with Gasteiger partial charge in [0.15, 0.2) is 0 Å². The molecule has 0 fully saturated rings. The Morgan fingerprint density at radius 2 is 1.94 bits per heavy atom. The van der Waals surface area contributed by atoms with Gasteiger partial charge >= 0.3 is 0 Å². The fraction of sp³-hybridized carbons (Fsp3) is 0.167. The van der Waals surface area contributed by atoms with Crippen LogP contribution in [0.5, 0.6) is 0 Å². The second-order valence-electron chi connectivity index (χ2n) is 7.83. The summed E-state index contributed by atoms with van der Waals surface area (Å²) in [6, 6.07) is 12.8. The first-order chi connectivity index (χ1) is 15.6. The minimum absolute atomic E-state index is 0.195. The average molecular weight is 425 g/mol. The van der Waals surface area contributed by atoms with Crippen LogP contribution in [0.4, 0.5) is 11.6 Å². The summed E-state index contributed by atoms with van der Waals surface area (Å²) in [6.45, 7) is 0. The number of carbonyl (C=O) groups is 1. The Labute approximate surface area is 185 Å². The Balaban J connectivity index is 1.50. The second-order valence-corrected chi connectivity index (χ2v) is 7.83. The van der Waals surface area contributed by atoms with Gasteiger partial charge in [-0.1, -0.05) is 24.3 Å². The van der Waals surface area contributed by atoms with Crippen molar-refractivity contribution < 1.29 is 4.79 Å². The van der Waals surface area contributed by atoms with Crippen LogP contribution < -0.4 is 16.8 Å². The van der Waals surface area contributed by atoms with Gasteiger partial charge in [-0.25, -0.2) is 15.0 Å². The van der Waals surface area contributed by atoms with E-state index in [9.17, 15) is 4.79 Å². The zero-order valence-electron chi connectivity index (χ0n) is 17.4. The molecular formula is C24H23N7O. The van der Waals surface area contributed by atoms with Crippen LogP contribution in [0.15, 0.2) is 67.1 Å². The fourth-order valence-electron chi connectivity index (χ4n) is 3.95. The molecule has 0 bridgehead atoms. The van der Waals surface area contributed by atoms with Crippen LogP contribution in [-0.4, -0.2) is 31.3 Å². The smallest absolute Gasteiger partial charge is 0.256 e. The number of nitrogen functional groups attached to an aromatic ring is 1. The van der Waals surface area contributed by atoms with Crippen molar-refractivity contribution >= 4 is 28.6 Å². The van der Waals surface area contributed by atoms with Crippen LogP contribution in [0.3, 0.4) is 0 Å². The number of hydrogen-bond donors (Lipinski definition) is 3. The molecule has 8 nitrogen and oxygen atoms in total. The molecule has 160 valence electrons. The summed E-state index contributed by atoms with van der Waals surface area (Å²) in [5.41, 5.74) is 16.3. The highest BCUT2D eigenvalue weighted by Gasteiger charge is 2.21. The first-order valence-corrected chi connectivity index (χ1v) is 10.5. The highest BCUT2D eigenvalue weighted by Crippen LogP contribution is 2.33. The summed E-state index contributed by atoms with van der Waals surface area (Å²) >= 11 is 0. The molecule has 4 aromatic rings. The molecule has 3 aromatic heterocycles. The van der Waals surface area contributed by atoms with Crippen LogP contribution in [0.1, 0.15) is 35.4 Å². The summed E-state index contributed by atoms with van der Waals surface area (Å²) < 4.78 is 1.99. The molecule has 5 rings (SSSR count). The Kier molecular flexibility index (Phi) is 5.12. The topological polar surface area (TPSA) is 124 Å². The van der Waals surface area contributed by atoms with E-state index in [1.807, 2.05) is 28.8 Å². The van der Waals surface area contributed by atoms with Gasteiger partial charge in [0.1, 0.15) is 28.7 Å². The van der Waals surface area contributed by atoms with Crippen molar-refractivity contribution in [2.24, 2.45) is 5.73 Å². The first-order valence-electron chi connectivity index (χ1n) is 10.5. The lowest BCUT2D eigenvalue weighted by Gasteiger charge is -2.17. The molecule has 1 aliphatic rings. The second kappa shape index (κ2) is 8.24. The first kappa shape index (κ1) is 19.9. The van der Waals surface area contributed by atoms with E-state index >= 15 is 0 Å². The molecule has 32 heavy (non-hydrogen) atoms. The molecule has 0 aliphatic heterocycles. The number of hydrogen-bond acceptors (Lipinski definition) is 6. The molecular weight excluding hydrogens is 402 g/mol. The zero-order chi connectivity index (χ0) is 22.1. The molecule has 5 N–H and O–H groups in total. The van der Waals surface area contributed by atoms with E-state index < -0.39 is 0 Å². The quantitative estimate of drug-likeness (QED) is 0.459. The lowest BCUT2D eigenvalue weighted by molar-refractivity contribution is 0.102. The summed E-state index contributed by atoms with van der Waals surface area (Å²) in [4.78, 5) is 25.9.